The van der Waals surface area contributed by atoms with Gasteiger partial charge in [0, 0.05) is 0 Å². The van der Waals surface area contributed by atoms with Gasteiger partial charge in [-0.05, 0) is 25.0 Å². The lowest BCUT2D eigenvalue weighted by Crippen LogP contribution is -1.99. The van der Waals surface area contributed by atoms with Gasteiger partial charge in [0.05, 0.1) is 22.5 Å². The van der Waals surface area contributed by atoms with E-state index >= 15 is 0 Å². The van der Waals surface area contributed by atoms with Gasteiger partial charge in [-0.15, -0.1) is 0 Å². The number of rotatable bonds is 3. The van der Waals surface area contributed by atoms with Crippen LogP contribution in [0.3, 0.4) is 0 Å². The summed E-state index contributed by atoms with van der Waals surface area (Å²) in [4.78, 5) is 19.4. The Morgan fingerprint density at radius 2 is 1.91 bits per heavy atom. The average Bonchev–Trinajstić information content (AvgIpc) is 3.05. The molecule has 1 amide bonds. The molecular formula is C18H16N2O2. The number of amides is 1. The highest BCUT2D eigenvalue weighted by Gasteiger charge is 2.33. The average molecular weight is 292 g/mol. The van der Waals surface area contributed by atoms with Gasteiger partial charge in [-0.25, -0.2) is 4.99 Å². The Morgan fingerprint density at radius 3 is 2.55 bits per heavy atom. The second-order valence-electron chi connectivity index (χ2n) is 4.97. The summed E-state index contributed by atoms with van der Waals surface area (Å²) in [6.07, 6.45) is 5.62. The second kappa shape index (κ2) is 5.48. The van der Waals surface area contributed by atoms with Gasteiger partial charge < -0.3 is 10.1 Å². The number of H-pyrrole nitrogens is 1. The summed E-state index contributed by atoms with van der Waals surface area (Å²) in [6, 6.07) is 9.45. The summed E-state index contributed by atoms with van der Waals surface area (Å²) in [7, 11) is 0. The number of hydrogen-bond acceptors (Lipinski definition) is 2. The zero-order valence-corrected chi connectivity index (χ0v) is 12.4. The smallest absolute Gasteiger partial charge is 0.280 e. The van der Waals surface area contributed by atoms with E-state index in [-0.39, 0.29) is 11.8 Å². The third-order valence-corrected chi connectivity index (χ3v) is 3.64. The van der Waals surface area contributed by atoms with Crippen LogP contribution < -0.4 is 0 Å². The van der Waals surface area contributed by atoms with E-state index in [2.05, 4.69) is 9.98 Å². The fraction of sp³-hybridized carbons (Fsp3) is 0.111. The number of nitrogens with zero attached hydrogens (tertiary/aromatic N) is 1. The Bertz CT molecular complexity index is 824. The van der Waals surface area contributed by atoms with E-state index in [1.165, 1.54) is 0 Å². The highest BCUT2D eigenvalue weighted by molar-refractivity contribution is 6.31. The lowest BCUT2D eigenvalue weighted by Gasteiger charge is -2.01. The minimum Gasteiger partial charge on any atom is -0.494 e. The quantitative estimate of drug-likeness (QED) is 0.844. The van der Waals surface area contributed by atoms with Crippen molar-refractivity contribution in [2.24, 2.45) is 4.99 Å². The molecule has 0 saturated heterocycles. The topological polar surface area (TPSA) is 65.5 Å². The van der Waals surface area contributed by atoms with Gasteiger partial charge in [-0.3, -0.25) is 4.79 Å². The molecule has 0 unspecified atom stereocenters. The van der Waals surface area contributed by atoms with Crippen molar-refractivity contribution in [3.63, 3.8) is 0 Å². The van der Waals surface area contributed by atoms with E-state index in [0.29, 0.717) is 22.5 Å². The monoisotopic (exact) mass is 292 g/mol. The Morgan fingerprint density at radius 1 is 1.18 bits per heavy atom. The summed E-state index contributed by atoms with van der Waals surface area (Å²) in [5, 5.41) is 10.3. The second-order valence-corrected chi connectivity index (χ2v) is 4.97. The van der Waals surface area contributed by atoms with Crippen LogP contribution in [-0.2, 0) is 0 Å². The van der Waals surface area contributed by atoms with Crippen LogP contribution in [0.25, 0.3) is 11.3 Å². The summed E-state index contributed by atoms with van der Waals surface area (Å²) in [5.74, 6) is -0.355. The van der Waals surface area contributed by atoms with Crippen molar-refractivity contribution >= 4 is 11.6 Å². The van der Waals surface area contributed by atoms with Crippen LogP contribution in [0.2, 0.25) is 0 Å². The first-order chi connectivity index (χ1) is 10.7. The molecule has 2 aromatic rings. The predicted molar refractivity (Wildman–Crippen MR) is 87.3 cm³/mol. The maximum atomic E-state index is 12.3. The number of aromatic nitrogens is 1. The van der Waals surface area contributed by atoms with Gasteiger partial charge in [0.15, 0.2) is 5.88 Å². The van der Waals surface area contributed by atoms with Crippen molar-refractivity contribution in [3.8, 4) is 17.1 Å². The molecule has 1 aromatic heterocycles. The molecule has 3 rings (SSSR count). The van der Waals surface area contributed by atoms with Crippen LogP contribution in [0, 0.1) is 0 Å². The van der Waals surface area contributed by atoms with Gasteiger partial charge in [-0.2, -0.15) is 0 Å². The molecule has 0 spiro atoms. The molecule has 1 aliphatic heterocycles. The van der Waals surface area contributed by atoms with E-state index in [1.807, 2.05) is 62.4 Å². The lowest BCUT2D eigenvalue weighted by atomic mass is 10.00. The van der Waals surface area contributed by atoms with Gasteiger partial charge >= 0.3 is 0 Å². The van der Waals surface area contributed by atoms with E-state index < -0.39 is 0 Å². The van der Waals surface area contributed by atoms with E-state index in [9.17, 15) is 9.90 Å². The molecule has 1 aromatic carbocycles. The number of fused-ring (bicyclic) bond motifs is 1. The van der Waals surface area contributed by atoms with E-state index in [4.69, 9.17) is 0 Å². The normalized spacial score (nSPS) is 14.5. The molecule has 4 heteroatoms. The molecule has 0 fully saturated rings. The highest BCUT2D eigenvalue weighted by Crippen LogP contribution is 2.37. The summed E-state index contributed by atoms with van der Waals surface area (Å²) in [5.41, 5.74) is 3.68. The Balaban J connectivity index is 2.19. The first-order valence-corrected chi connectivity index (χ1v) is 7.10. The van der Waals surface area contributed by atoms with Crippen molar-refractivity contribution in [1.29, 1.82) is 0 Å². The molecule has 0 radical (unpaired) electrons. The third kappa shape index (κ3) is 2.09. The first kappa shape index (κ1) is 14.1. The SMILES string of the molecule is C/C=C\C(=C/C)C1=NC(=O)c2c(-c3ccccc3)[nH]c(O)c21. The van der Waals surface area contributed by atoms with Crippen LogP contribution in [0.1, 0.15) is 29.8 Å². The number of allylic oxidation sites excluding steroid dienone is 4. The van der Waals surface area contributed by atoms with Crippen molar-refractivity contribution in [2.45, 2.75) is 13.8 Å². The Kier molecular flexibility index (Phi) is 3.51. The van der Waals surface area contributed by atoms with E-state index in [1.54, 1.807) is 0 Å². The molecule has 2 N–H and O–H groups in total. The number of aromatic amines is 1. The molecule has 0 saturated carbocycles. The van der Waals surface area contributed by atoms with Gasteiger partial charge in [0.2, 0.25) is 0 Å². The number of carbonyl (C=O) groups is 1. The predicted octanol–water partition coefficient (Wildman–Crippen LogP) is 3.85. The maximum absolute atomic E-state index is 12.3. The van der Waals surface area contributed by atoms with Crippen molar-refractivity contribution in [1.82, 2.24) is 4.98 Å². The number of aromatic hydroxyl groups is 1. The summed E-state index contributed by atoms with van der Waals surface area (Å²) >= 11 is 0. The Hall–Kier alpha value is -2.88. The van der Waals surface area contributed by atoms with Crippen LogP contribution >= 0.6 is 0 Å². The first-order valence-electron chi connectivity index (χ1n) is 7.10. The minimum atomic E-state index is -0.329. The molecule has 4 nitrogen and oxygen atoms in total. The number of benzene rings is 1. The maximum Gasteiger partial charge on any atom is 0.280 e. The molecular weight excluding hydrogens is 276 g/mol. The molecule has 0 bridgehead atoms. The molecule has 110 valence electrons. The summed E-state index contributed by atoms with van der Waals surface area (Å²) in [6.45, 7) is 3.77. The highest BCUT2D eigenvalue weighted by atomic mass is 16.3. The van der Waals surface area contributed by atoms with E-state index in [0.717, 1.165) is 11.1 Å². The van der Waals surface area contributed by atoms with Crippen LogP contribution in [0.4, 0.5) is 0 Å². The minimum absolute atomic E-state index is 0.0256. The molecule has 0 atom stereocenters. The van der Waals surface area contributed by atoms with Crippen LogP contribution in [-0.4, -0.2) is 21.7 Å². The lowest BCUT2D eigenvalue weighted by molar-refractivity contribution is 0.101. The van der Waals surface area contributed by atoms with Crippen LogP contribution in [0.15, 0.2) is 59.1 Å². The number of carbonyl (C=O) groups excluding carboxylic acids is 1. The zero-order chi connectivity index (χ0) is 15.7. The molecule has 0 aliphatic carbocycles. The number of aliphatic imine (C=N–C) groups is 1. The number of hydrogen-bond donors (Lipinski definition) is 2. The van der Waals surface area contributed by atoms with Gasteiger partial charge in [0.1, 0.15) is 0 Å². The van der Waals surface area contributed by atoms with Gasteiger partial charge in [0.25, 0.3) is 5.91 Å². The van der Waals surface area contributed by atoms with Crippen molar-refractivity contribution < 1.29 is 9.90 Å². The molecule has 2 heterocycles. The summed E-state index contributed by atoms with van der Waals surface area (Å²) < 4.78 is 0. The van der Waals surface area contributed by atoms with Crippen molar-refractivity contribution in [3.05, 3.63) is 65.3 Å². The molecule has 1 aliphatic rings. The van der Waals surface area contributed by atoms with Gasteiger partial charge in [-0.1, -0.05) is 48.6 Å². The van der Waals surface area contributed by atoms with Crippen LogP contribution in [0.5, 0.6) is 5.88 Å². The standard InChI is InChI=1S/C18H16N2O2/c1-3-8-11(4-2)15-13-14(18(22)19-15)16(20-17(13)21)12-9-6-5-7-10-12/h3-10,20-21H,1-2H3/b8-3-,11-4+. The Labute approximate surface area is 128 Å². The van der Waals surface area contributed by atoms with Crippen molar-refractivity contribution in [2.75, 3.05) is 0 Å². The third-order valence-electron chi connectivity index (χ3n) is 3.64. The zero-order valence-electron chi connectivity index (χ0n) is 12.4. The fourth-order valence-corrected chi connectivity index (χ4v) is 2.67. The fourth-order valence-electron chi connectivity index (χ4n) is 2.67. The largest absolute Gasteiger partial charge is 0.494 e. The number of nitrogens with one attached hydrogen (secondary N) is 1. The molecule has 22 heavy (non-hydrogen) atoms.